The number of nitrogens with one attached hydrogen (secondary N) is 1. The maximum atomic E-state index is 12.8. The average molecular weight is 441 g/mol. The third-order valence-corrected chi connectivity index (χ3v) is 7.12. The minimum atomic E-state index is -3.44. The molecule has 0 atom stereocenters. The molecule has 9 heteroatoms. The number of nitrogens with zero attached hydrogens (tertiary/aromatic N) is 3. The normalized spacial score (nSPS) is 15.3. The molecular formula is C21H36N4O4S. The van der Waals surface area contributed by atoms with E-state index in [9.17, 15) is 13.2 Å². The number of morpholine rings is 1. The van der Waals surface area contributed by atoms with E-state index in [-0.39, 0.29) is 18.3 Å². The zero-order valence-corrected chi connectivity index (χ0v) is 19.1. The van der Waals surface area contributed by atoms with Gasteiger partial charge in [0.25, 0.3) is 0 Å². The number of amides is 2. The summed E-state index contributed by atoms with van der Waals surface area (Å²) in [5.41, 5.74) is 0. The fraction of sp³-hybridized carbons (Fsp3) is 0.667. The fourth-order valence-corrected chi connectivity index (χ4v) is 4.62. The summed E-state index contributed by atoms with van der Waals surface area (Å²) >= 11 is 0. The largest absolute Gasteiger partial charge is 0.379 e. The number of hydrogen-bond donors (Lipinski definition) is 1. The van der Waals surface area contributed by atoms with Crippen molar-refractivity contribution in [2.24, 2.45) is 0 Å². The summed E-state index contributed by atoms with van der Waals surface area (Å²) in [7, 11) is -3.44. The van der Waals surface area contributed by atoms with E-state index in [1.165, 1.54) is 0 Å². The Balaban J connectivity index is 1.94. The summed E-state index contributed by atoms with van der Waals surface area (Å²) < 4.78 is 30.7. The molecule has 8 nitrogen and oxygen atoms in total. The molecule has 1 heterocycles. The Kier molecular flexibility index (Phi) is 10.6. The van der Waals surface area contributed by atoms with Gasteiger partial charge < -0.3 is 19.9 Å². The minimum absolute atomic E-state index is 0.0937. The molecule has 2 rings (SSSR count). The van der Waals surface area contributed by atoms with E-state index < -0.39 is 9.84 Å². The Morgan fingerprint density at radius 1 is 1.07 bits per heavy atom. The van der Waals surface area contributed by atoms with Crippen LogP contribution in [0.15, 0.2) is 35.2 Å². The van der Waals surface area contributed by atoms with Crippen molar-refractivity contribution in [1.82, 2.24) is 20.0 Å². The second-order valence-electron chi connectivity index (χ2n) is 7.33. The van der Waals surface area contributed by atoms with Crippen LogP contribution in [0.3, 0.4) is 0 Å². The molecule has 30 heavy (non-hydrogen) atoms. The maximum absolute atomic E-state index is 12.8. The fourth-order valence-electron chi connectivity index (χ4n) is 3.35. The van der Waals surface area contributed by atoms with E-state index in [2.05, 4.69) is 29.0 Å². The second-order valence-corrected chi connectivity index (χ2v) is 9.44. The minimum Gasteiger partial charge on any atom is -0.379 e. The molecule has 0 aliphatic carbocycles. The summed E-state index contributed by atoms with van der Waals surface area (Å²) in [6, 6.07) is 8.19. The summed E-state index contributed by atoms with van der Waals surface area (Å²) in [6.45, 7) is 11.8. The summed E-state index contributed by atoms with van der Waals surface area (Å²) in [5, 5.41) is 2.95. The van der Waals surface area contributed by atoms with Crippen molar-refractivity contribution in [2.45, 2.75) is 18.7 Å². The first-order chi connectivity index (χ1) is 14.5. The van der Waals surface area contributed by atoms with Crippen LogP contribution in [0.5, 0.6) is 0 Å². The van der Waals surface area contributed by atoms with Crippen LogP contribution in [0, 0.1) is 0 Å². The predicted molar refractivity (Wildman–Crippen MR) is 119 cm³/mol. The molecule has 0 saturated carbocycles. The van der Waals surface area contributed by atoms with Crippen molar-refractivity contribution in [2.75, 3.05) is 77.9 Å². The van der Waals surface area contributed by atoms with E-state index in [1.54, 1.807) is 35.2 Å². The number of hydrogen-bond acceptors (Lipinski definition) is 6. The molecular weight excluding hydrogens is 404 g/mol. The molecule has 1 aromatic rings. The van der Waals surface area contributed by atoms with Gasteiger partial charge in [0.05, 0.1) is 23.9 Å². The molecule has 0 spiro atoms. The smallest absolute Gasteiger partial charge is 0.317 e. The second kappa shape index (κ2) is 12.9. The summed E-state index contributed by atoms with van der Waals surface area (Å²) in [5.74, 6) is -0.0937. The molecule has 1 fully saturated rings. The third-order valence-electron chi connectivity index (χ3n) is 5.41. The first kappa shape index (κ1) is 24.6. The molecule has 0 unspecified atom stereocenters. The van der Waals surface area contributed by atoms with Crippen LogP contribution in [-0.4, -0.2) is 107 Å². The molecule has 1 aliphatic heterocycles. The monoisotopic (exact) mass is 440 g/mol. The Bertz CT molecular complexity index is 720. The quantitative estimate of drug-likeness (QED) is 0.525. The maximum Gasteiger partial charge on any atom is 0.317 e. The Hall–Kier alpha value is -1.68. The van der Waals surface area contributed by atoms with Crippen LogP contribution in [0.4, 0.5) is 4.79 Å². The van der Waals surface area contributed by atoms with Crippen LogP contribution >= 0.6 is 0 Å². The number of likely N-dealkylation sites (N-methyl/N-ethyl adjacent to an activating group) is 1. The van der Waals surface area contributed by atoms with Crippen molar-refractivity contribution < 1.29 is 17.9 Å². The van der Waals surface area contributed by atoms with Crippen LogP contribution in [0.25, 0.3) is 0 Å². The molecule has 170 valence electrons. The van der Waals surface area contributed by atoms with E-state index in [1.807, 2.05) is 0 Å². The van der Waals surface area contributed by atoms with Crippen LogP contribution in [0.1, 0.15) is 13.8 Å². The van der Waals surface area contributed by atoms with Gasteiger partial charge in [-0.15, -0.1) is 0 Å². The highest BCUT2D eigenvalue weighted by atomic mass is 32.2. The van der Waals surface area contributed by atoms with Gasteiger partial charge in [-0.25, -0.2) is 13.2 Å². The van der Waals surface area contributed by atoms with Crippen molar-refractivity contribution >= 4 is 15.9 Å². The first-order valence-corrected chi connectivity index (χ1v) is 12.4. The Morgan fingerprint density at radius 3 is 2.37 bits per heavy atom. The van der Waals surface area contributed by atoms with Gasteiger partial charge in [-0.2, -0.15) is 0 Å². The Labute approximate surface area is 181 Å². The lowest BCUT2D eigenvalue weighted by molar-refractivity contribution is 0.0351. The van der Waals surface area contributed by atoms with Crippen LogP contribution in [0.2, 0.25) is 0 Å². The van der Waals surface area contributed by atoms with Gasteiger partial charge >= 0.3 is 6.03 Å². The molecule has 1 saturated heterocycles. The van der Waals surface area contributed by atoms with E-state index in [0.717, 1.165) is 32.7 Å². The molecule has 0 radical (unpaired) electrons. The number of benzene rings is 1. The average Bonchev–Trinajstić information content (AvgIpc) is 2.78. The van der Waals surface area contributed by atoms with Crippen molar-refractivity contribution in [3.63, 3.8) is 0 Å². The highest BCUT2D eigenvalue weighted by Crippen LogP contribution is 2.10. The molecule has 0 bridgehead atoms. The highest BCUT2D eigenvalue weighted by molar-refractivity contribution is 7.91. The van der Waals surface area contributed by atoms with Gasteiger partial charge in [-0.05, 0) is 25.2 Å². The number of rotatable bonds is 12. The van der Waals surface area contributed by atoms with Crippen molar-refractivity contribution in [1.29, 1.82) is 0 Å². The van der Waals surface area contributed by atoms with Gasteiger partial charge in [0, 0.05) is 45.8 Å². The van der Waals surface area contributed by atoms with E-state index in [4.69, 9.17) is 4.74 Å². The lowest BCUT2D eigenvalue weighted by atomic mass is 10.4. The number of carbonyl (C=O) groups excluding carboxylic acids is 1. The zero-order chi connectivity index (χ0) is 21.8. The number of sulfone groups is 1. The van der Waals surface area contributed by atoms with Gasteiger partial charge in [-0.1, -0.05) is 32.0 Å². The van der Waals surface area contributed by atoms with Crippen molar-refractivity contribution in [3.05, 3.63) is 30.3 Å². The number of urea groups is 1. The summed E-state index contributed by atoms with van der Waals surface area (Å²) in [6.07, 6.45) is 0. The molecule has 2 amide bonds. The molecule has 1 aromatic carbocycles. The van der Waals surface area contributed by atoms with Gasteiger partial charge in [0.15, 0.2) is 9.84 Å². The van der Waals surface area contributed by atoms with Crippen molar-refractivity contribution in [3.8, 4) is 0 Å². The Morgan fingerprint density at radius 2 is 1.73 bits per heavy atom. The van der Waals surface area contributed by atoms with Crippen LogP contribution in [-0.2, 0) is 14.6 Å². The van der Waals surface area contributed by atoms with Gasteiger partial charge in [-0.3, -0.25) is 4.90 Å². The topological polar surface area (TPSA) is 82.2 Å². The zero-order valence-electron chi connectivity index (χ0n) is 18.3. The standard InChI is InChI=1S/C21H36N4O4S/c1-3-23(4-2)11-10-22-21(26)25(13-12-24-14-17-29-18-15-24)16-19-30(27,28)20-8-6-5-7-9-20/h5-9H,3-4,10-19H2,1-2H3,(H,22,26). The van der Waals surface area contributed by atoms with E-state index in [0.29, 0.717) is 37.7 Å². The molecule has 0 aromatic heterocycles. The predicted octanol–water partition coefficient (Wildman–Crippen LogP) is 1.15. The molecule has 1 aliphatic rings. The number of carbonyl (C=O) groups is 1. The highest BCUT2D eigenvalue weighted by Gasteiger charge is 2.21. The number of ether oxygens (including phenoxy) is 1. The molecule has 1 N–H and O–H groups in total. The lowest BCUT2D eigenvalue weighted by Crippen LogP contribution is -2.48. The lowest BCUT2D eigenvalue weighted by Gasteiger charge is -2.30. The van der Waals surface area contributed by atoms with Crippen LogP contribution < -0.4 is 5.32 Å². The first-order valence-electron chi connectivity index (χ1n) is 10.8. The third kappa shape index (κ3) is 8.22. The van der Waals surface area contributed by atoms with Gasteiger partial charge in [0.2, 0.25) is 0 Å². The van der Waals surface area contributed by atoms with E-state index >= 15 is 0 Å². The van der Waals surface area contributed by atoms with Gasteiger partial charge in [0.1, 0.15) is 0 Å². The SMILES string of the molecule is CCN(CC)CCNC(=O)N(CCN1CCOCC1)CCS(=O)(=O)c1ccccc1. The summed E-state index contributed by atoms with van der Waals surface area (Å²) in [4.78, 5) is 19.2.